The van der Waals surface area contributed by atoms with Crippen LogP contribution < -0.4 is 53.5 Å². The number of carboxylic acid groups (broad SMARTS) is 1. The molecule has 4 atom stereocenters. The first-order valence-corrected chi connectivity index (χ1v) is 14.8. The second kappa shape index (κ2) is 18.2. The average Bonchev–Trinajstić information content (AvgIpc) is 3.31. The molecule has 2 aromatic rings. The van der Waals surface area contributed by atoms with Crippen molar-refractivity contribution in [2.24, 2.45) is 11.7 Å². The van der Waals surface area contributed by atoms with E-state index in [1.807, 2.05) is 60.7 Å². The molecule has 202 valence electrons. The number of aliphatic carboxylic acids is 1. The SMILES string of the molecule is NCCCC[C@H](OP(=O)([O-])CCCCc1ccccc1)C(=O)N1C[C@@H](Cc2ccccc2)C[C@H]1C(=O)[O-].[Li+].[Li+]. The topological polar surface area (TPSA) is 136 Å². The predicted molar refractivity (Wildman–Crippen MR) is 138 cm³/mol. The van der Waals surface area contributed by atoms with Crippen LogP contribution >= 0.6 is 7.60 Å². The van der Waals surface area contributed by atoms with E-state index in [-0.39, 0.29) is 69.2 Å². The van der Waals surface area contributed by atoms with Gasteiger partial charge in [0.25, 0.3) is 5.91 Å². The van der Waals surface area contributed by atoms with Crippen LogP contribution in [0.5, 0.6) is 0 Å². The summed E-state index contributed by atoms with van der Waals surface area (Å²) in [6.07, 6.45) is 2.53. The maximum absolute atomic E-state index is 13.5. The maximum atomic E-state index is 13.5. The van der Waals surface area contributed by atoms with Crippen molar-refractivity contribution in [3.05, 3.63) is 71.8 Å². The quantitative estimate of drug-likeness (QED) is 0.139. The Hall–Kier alpha value is -1.32. The third-order valence-corrected chi connectivity index (χ3v) is 8.22. The number of rotatable bonds is 15. The van der Waals surface area contributed by atoms with E-state index in [4.69, 9.17) is 10.3 Å². The second-order valence-corrected chi connectivity index (χ2v) is 11.7. The summed E-state index contributed by atoms with van der Waals surface area (Å²) in [6.45, 7) is 0.614. The van der Waals surface area contributed by atoms with Crippen molar-refractivity contribution in [1.29, 1.82) is 0 Å². The van der Waals surface area contributed by atoms with Crippen LogP contribution in [0.3, 0.4) is 0 Å². The Kier molecular flexibility index (Phi) is 16.7. The van der Waals surface area contributed by atoms with Crippen LogP contribution in [0.15, 0.2) is 60.7 Å². The molecule has 0 radical (unpaired) electrons. The first kappa shape index (κ1) is 35.7. The molecule has 0 spiro atoms. The number of likely N-dealkylation sites (tertiary alicyclic amines) is 1. The van der Waals surface area contributed by atoms with E-state index in [9.17, 15) is 24.2 Å². The van der Waals surface area contributed by atoms with Gasteiger partial charge in [-0.15, -0.1) is 0 Å². The number of carboxylic acids is 1. The Morgan fingerprint density at radius 2 is 1.59 bits per heavy atom. The molecule has 1 heterocycles. The van der Waals surface area contributed by atoms with E-state index >= 15 is 0 Å². The molecule has 0 aromatic heterocycles. The van der Waals surface area contributed by atoms with Gasteiger partial charge in [0.15, 0.2) is 0 Å². The smallest absolute Gasteiger partial charge is 0.778 e. The summed E-state index contributed by atoms with van der Waals surface area (Å²) in [5.74, 6) is -2.02. The van der Waals surface area contributed by atoms with Crippen molar-refractivity contribution in [3.63, 3.8) is 0 Å². The van der Waals surface area contributed by atoms with Crippen LogP contribution in [-0.4, -0.2) is 48.2 Å². The molecule has 1 fully saturated rings. The normalized spacial score (nSPS) is 18.9. The number of unbranched alkanes of at least 4 members (excludes halogenated alkanes) is 2. The maximum Gasteiger partial charge on any atom is 1.00 e. The number of hydrogen-bond acceptors (Lipinski definition) is 7. The van der Waals surface area contributed by atoms with Crippen molar-refractivity contribution in [1.82, 2.24) is 4.90 Å². The van der Waals surface area contributed by atoms with Crippen LogP contribution in [-0.2, 0) is 31.5 Å². The molecule has 1 saturated heterocycles. The van der Waals surface area contributed by atoms with Gasteiger partial charge in [0.1, 0.15) is 13.7 Å². The molecular formula is C28H37Li2N2O6P. The largest absolute Gasteiger partial charge is 1.00 e. The second-order valence-electron chi connectivity index (χ2n) is 9.77. The number of carbonyl (C=O) groups is 2. The number of amides is 1. The van der Waals surface area contributed by atoms with Gasteiger partial charge in [0.2, 0.25) is 0 Å². The Morgan fingerprint density at radius 1 is 0.974 bits per heavy atom. The van der Waals surface area contributed by atoms with Crippen LogP contribution in [0.4, 0.5) is 0 Å². The monoisotopic (exact) mass is 542 g/mol. The van der Waals surface area contributed by atoms with Crippen molar-refractivity contribution in [3.8, 4) is 0 Å². The van der Waals surface area contributed by atoms with E-state index in [0.29, 0.717) is 38.6 Å². The van der Waals surface area contributed by atoms with Crippen molar-refractivity contribution in [2.45, 2.75) is 63.5 Å². The van der Waals surface area contributed by atoms with E-state index in [1.165, 1.54) is 4.90 Å². The molecule has 2 N–H and O–H groups in total. The fourth-order valence-corrected chi connectivity index (χ4v) is 6.19. The minimum absolute atomic E-state index is 0. The van der Waals surface area contributed by atoms with Gasteiger partial charge >= 0.3 is 37.7 Å². The third-order valence-electron chi connectivity index (χ3n) is 6.78. The van der Waals surface area contributed by atoms with Gasteiger partial charge in [-0.25, -0.2) is 0 Å². The molecule has 1 aliphatic heterocycles. The minimum atomic E-state index is -4.32. The van der Waals surface area contributed by atoms with Crippen LogP contribution in [0.2, 0.25) is 0 Å². The Bertz CT molecular complexity index is 1050. The standard InChI is InChI=1S/C28H39N2O6P.2Li/c29-17-9-7-16-26(36-37(34,35)18-10-8-13-22-11-3-1-4-12-22)27(31)30-21-24(20-25(30)28(32)33)19-23-14-5-2-6-15-23;;/h1-6,11-12,14-15,24-26H,7-10,13,16-21,29H2,(H,32,33)(H,34,35);;/q;2*+1/p-2/t24-,25-,26-;;/m0../s1. The summed E-state index contributed by atoms with van der Waals surface area (Å²) in [5, 5.41) is 11.9. The molecule has 0 bridgehead atoms. The van der Waals surface area contributed by atoms with Crippen LogP contribution in [0, 0.1) is 5.92 Å². The van der Waals surface area contributed by atoms with Crippen LogP contribution in [0.1, 0.15) is 49.7 Å². The summed E-state index contributed by atoms with van der Waals surface area (Å²) < 4.78 is 18.3. The Balaban J connectivity index is 0.00000380. The van der Waals surface area contributed by atoms with Crippen molar-refractivity contribution in [2.75, 3.05) is 19.3 Å². The van der Waals surface area contributed by atoms with Gasteiger partial charge in [-0.2, -0.15) is 0 Å². The van der Waals surface area contributed by atoms with Gasteiger partial charge in [-0.3, -0.25) is 4.79 Å². The molecular weight excluding hydrogens is 505 g/mol. The average molecular weight is 542 g/mol. The molecule has 39 heavy (non-hydrogen) atoms. The number of benzene rings is 2. The molecule has 1 amide bonds. The van der Waals surface area contributed by atoms with E-state index in [2.05, 4.69) is 0 Å². The summed E-state index contributed by atoms with van der Waals surface area (Å²) in [7, 11) is -4.32. The van der Waals surface area contributed by atoms with E-state index in [1.54, 1.807) is 0 Å². The predicted octanol–water partition coefficient (Wildman–Crippen LogP) is -3.71. The van der Waals surface area contributed by atoms with E-state index < -0.39 is 31.6 Å². The minimum Gasteiger partial charge on any atom is -0.778 e. The molecule has 11 heteroatoms. The fourth-order valence-electron chi connectivity index (χ4n) is 4.89. The zero-order chi connectivity index (χ0) is 26.7. The molecule has 0 saturated carbocycles. The first-order chi connectivity index (χ1) is 17.8. The summed E-state index contributed by atoms with van der Waals surface area (Å²) >= 11 is 0. The van der Waals surface area contributed by atoms with Crippen LogP contribution in [0.25, 0.3) is 0 Å². The third kappa shape index (κ3) is 12.0. The Morgan fingerprint density at radius 3 is 2.18 bits per heavy atom. The van der Waals surface area contributed by atoms with Gasteiger partial charge < -0.3 is 34.5 Å². The van der Waals surface area contributed by atoms with Gasteiger partial charge in [-0.05, 0) is 75.0 Å². The molecule has 3 rings (SSSR count). The van der Waals surface area contributed by atoms with Gasteiger partial charge in [0, 0.05) is 12.7 Å². The molecule has 1 unspecified atom stereocenters. The van der Waals surface area contributed by atoms with Crippen molar-refractivity contribution >= 4 is 19.5 Å². The number of nitrogens with two attached hydrogens (primary N) is 1. The Labute approximate surface area is 256 Å². The molecule has 8 nitrogen and oxygen atoms in total. The zero-order valence-corrected chi connectivity index (χ0v) is 24.1. The number of carbonyl (C=O) groups excluding carboxylic acids is 2. The number of hydrogen-bond donors (Lipinski definition) is 1. The first-order valence-electron chi connectivity index (χ1n) is 13.1. The number of nitrogens with zero attached hydrogens (tertiary/aromatic N) is 1. The molecule has 1 aliphatic rings. The molecule has 0 aliphatic carbocycles. The van der Waals surface area contributed by atoms with Gasteiger partial charge in [-0.1, -0.05) is 60.7 Å². The van der Waals surface area contributed by atoms with Gasteiger partial charge in [0.05, 0.1) is 12.0 Å². The summed E-state index contributed by atoms with van der Waals surface area (Å²) in [6, 6.07) is 18.3. The van der Waals surface area contributed by atoms with Crippen molar-refractivity contribution < 1.29 is 66.4 Å². The fraction of sp³-hybridized carbons (Fsp3) is 0.500. The van der Waals surface area contributed by atoms with E-state index in [0.717, 1.165) is 17.5 Å². The summed E-state index contributed by atoms with van der Waals surface area (Å²) in [4.78, 5) is 39.4. The zero-order valence-electron chi connectivity index (χ0n) is 23.2. The molecule has 2 aromatic carbocycles. The summed E-state index contributed by atoms with van der Waals surface area (Å²) in [5.41, 5.74) is 7.76. The number of aryl methyl sites for hydroxylation is 1.